The standard InChI is InChI=1S/C7H6N2S/c10-7-8-5-3-1-2-4-6(5)9-7/h1-4H,(H2,8,9,10)/p+1. The van der Waals surface area contributed by atoms with Crippen LogP contribution in [0.3, 0.4) is 0 Å². The average Bonchev–Trinajstić information content (AvgIpc) is 2.27. The zero-order chi connectivity index (χ0) is 6.97. The summed E-state index contributed by atoms with van der Waals surface area (Å²) in [6.45, 7) is 0. The molecule has 0 radical (unpaired) electrons. The topological polar surface area (TPSA) is 28.6 Å². The van der Waals surface area contributed by atoms with Gasteiger partial charge in [0.1, 0.15) is 5.69 Å². The third kappa shape index (κ3) is 0.798. The predicted octanol–water partition coefficient (Wildman–Crippen LogP) is 0.592. The van der Waals surface area contributed by atoms with E-state index in [4.69, 9.17) is 12.2 Å². The molecule has 0 aromatic heterocycles. The zero-order valence-electron chi connectivity index (χ0n) is 5.29. The third-order valence-corrected chi connectivity index (χ3v) is 1.73. The third-order valence-electron chi connectivity index (χ3n) is 1.51. The molecular formula is C7H7N2S+. The molecule has 0 aliphatic carbocycles. The number of anilines is 1. The van der Waals surface area contributed by atoms with Crippen LogP contribution in [-0.4, -0.2) is 5.11 Å². The van der Waals surface area contributed by atoms with Gasteiger partial charge in [0.2, 0.25) is 0 Å². The van der Waals surface area contributed by atoms with Gasteiger partial charge in [-0.15, -0.1) is 0 Å². The Balaban J connectivity index is 2.51. The maximum Gasteiger partial charge on any atom is 0.276 e. The maximum atomic E-state index is 4.96. The number of nitrogens with one attached hydrogen (secondary N) is 1. The van der Waals surface area contributed by atoms with Gasteiger partial charge in [-0.3, -0.25) is 10.6 Å². The summed E-state index contributed by atoms with van der Waals surface area (Å²) in [4.78, 5) is 0. The summed E-state index contributed by atoms with van der Waals surface area (Å²) in [6, 6.07) is 8.06. The summed E-state index contributed by atoms with van der Waals surface area (Å²) in [5, 5.41) is 5.84. The largest absolute Gasteiger partial charge is 0.296 e. The minimum Gasteiger partial charge on any atom is -0.296 e. The first-order chi connectivity index (χ1) is 4.86. The molecule has 2 nitrogen and oxygen atoms in total. The van der Waals surface area contributed by atoms with Gasteiger partial charge in [-0.25, -0.2) is 0 Å². The molecule has 3 heteroatoms. The van der Waals surface area contributed by atoms with E-state index in [0.717, 1.165) is 10.8 Å². The number of benzene rings is 1. The Morgan fingerprint density at radius 3 is 2.90 bits per heavy atom. The first-order valence-corrected chi connectivity index (χ1v) is 3.52. The highest BCUT2D eigenvalue weighted by molar-refractivity contribution is 7.80. The van der Waals surface area contributed by atoms with Crippen molar-refractivity contribution in [3.8, 4) is 0 Å². The minimum atomic E-state index is 0.807. The van der Waals surface area contributed by atoms with Crippen LogP contribution in [0.4, 0.5) is 11.4 Å². The molecule has 1 aliphatic heterocycles. The lowest BCUT2D eigenvalue weighted by molar-refractivity contribution is -0.433. The SMILES string of the molecule is S=C1Nc2ccccc2[NH2+]1. The first-order valence-electron chi connectivity index (χ1n) is 3.11. The van der Waals surface area contributed by atoms with E-state index in [1.165, 1.54) is 5.69 Å². The molecule has 2 rings (SSSR count). The number of hydrogen-bond acceptors (Lipinski definition) is 1. The van der Waals surface area contributed by atoms with Gasteiger partial charge in [0.25, 0.3) is 5.11 Å². The number of fused-ring (bicyclic) bond motifs is 1. The molecular weight excluding hydrogens is 144 g/mol. The van der Waals surface area contributed by atoms with Crippen LogP contribution in [0, 0.1) is 0 Å². The van der Waals surface area contributed by atoms with Crippen molar-refractivity contribution in [2.24, 2.45) is 0 Å². The van der Waals surface area contributed by atoms with Crippen molar-refractivity contribution in [1.29, 1.82) is 0 Å². The van der Waals surface area contributed by atoms with Crippen LogP contribution in [0.25, 0.3) is 0 Å². The van der Waals surface area contributed by atoms with Gasteiger partial charge in [0.15, 0.2) is 5.69 Å². The summed E-state index contributed by atoms with van der Waals surface area (Å²) in [7, 11) is 0. The van der Waals surface area contributed by atoms with E-state index in [1.807, 2.05) is 29.6 Å². The first kappa shape index (κ1) is 5.82. The van der Waals surface area contributed by atoms with Gasteiger partial charge < -0.3 is 0 Å². The van der Waals surface area contributed by atoms with E-state index >= 15 is 0 Å². The quantitative estimate of drug-likeness (QED) is 0.420. The van der Waals surface area contributed by atoms with Crippen molar-refractivity contribution in [3.63, 3.8) is 0 Å². The minimum absolute atomic E-state index is 0.807. The second kappa shape index (κ2) is 2.04. The van der Waals surface area contributed by atoms with Gasteiger partial charge in [-0.05, 0) is 6.07 Å². The van der Waals surface area contributed by atoms with Gasteiger partial charge >= 0.3 is 0 Å². The number of thiocarbonyl (C=S) groups is 1. The van der Waals surface area contributed by atoms with Crippen LogP contribution in [-0.2, 0) is 0 Å². The van der Waals surface area contributed by atoms with Crippen molar-refractivity contribution in [1.82, 2.24) is 0 Å². The summed E-state index contributed by atoms with van der Waals surface area (Å²) in [6.07, 6.45) is 0. The van der Waals surface area contributed by atoms with Gasteiger partial charge in [0, 0.05) is 18.3 Å². The van der Waals surface area contributed by atoms with Crippen molar-refractivity contribution in [2.45, 2.75) is 0 Å². The molecule has 1 aromatic rings. The summed E-state index contributed by atoms with van der Waals surface area (Å²) >= 11 is 4.96. The molecule has 10 heavy (non-hydrogen) atoms. The van der Waals surface area contributed by atoms with Crippen LogP contribution in [0.5, 0.6) is 0 Å². The molecule has 0 saturated carbocycles. The Labute approximate surface area is 64.2 Å². The molecule has 0 bridgehead atoms. The summed E-state index contributed by atoms with van der Waals surface area (Å²) < 4.78 is 0. The molecule has 1 aliphatic rings. The Morgan fingerprint density at radius 1 is 1.30 bits per heavy atom. The monoisotopic (exact) mass is 151 g/mol. The van der Waals surface area contributed by atoms with Crippen LogP contribution >= 0.6 is 12.2 Å². The van der Waals surface area contributed by atoms with E-state index in [9.17, 15) is 0 Å². The molecule has 50 valence electrons. The Hall–Kier alpha value is -0.930. The maximum absolute atomic E-state index is 4.96. The average molecular weight is 151 g/mol. The highest BCUT2D eigenvalue weighted by atomic mass is 32.1. The molecule has 0 amide bonds. The highest BCUT2D eigenvalue weighted by Crippen LogP contribution is 2.18. The van der Waals surface area contributed by atoms with Crippen LogP contribution in [0.2, 0.25) is 0 Å². The summed E-state index contributed by atoms with van der Waals surface area (Å²) in [5.74, 6) is 0. The molecule has 0 atom stereocenters. The van der Waals surface area contributed by atoms with E-state index in [2.05, 4.69) is 5.32 Å². The summed E-state index contributed by atoms with van der Waals surface area (Å²) in [5.41, 5.74) is 2.31. The molecule has 1 aromatic carbocycles. The molecule has 0 fully saturated rings. The van der Waals surface area contributed by atoms with Crippen molar-refractivity contribution < 1.29 is 5.32 Å². The molecule has 0 unspecified atom stereocenters. The Bertz CT molecular complexity index is 256. The van der Waals surface area contributed by atoms with E-state index in [1.54, 1.807) is 0 Å². The number of para-hydroxylation sites is 2. The fourth-order valence-electron chi connectivity index (χ4n) is 1.05. The number of quaternary nitrogens is 1. The van der Waals surface area contributed by atoms with Crippen LogP contribution in [0.15, 0.2) is 24.3 Å². The van der Waals surface area contributed by atoms with Gasteiger partial charge in [0.05, 0.1) is 0 Å². The predicted molar refractivity (Wildman–Crippen MR) is 44.2 cm³/mol. The van der Waals surface area contributed by atoms with E-state index < -0.39 is 0 Å². The lowest BCUT2D eigenvalue weighted by atomic mass is 10.3. The number of hydrogen-bond donors (Lipinski definition) is 2. The lowest BCUT2D eigenvalue weighted by Crippen LogP contribution is -2.80. The van der Waals surface area contributed by atoms with Crippen molar-refractivity contribution in [3.05, 3.63) is 24.3 Å². The van der Waals surface area contributed by atoms with Gasteiger partial charge in [-0.2, -0.15) is 0 Å². The smallest absolute Gasteiger partial charge is 0.276 e. The fourth-order valence-corrected chi connectivity index (χ4v) is 1.28. The second-order valence-corrected chi connectivity index (χ2v) is 2.66. The zero-order valence-corrected chi connectivity index (χ0v) is 6.11. The Morgan fingerprint density at radius 2 is 2.10 bits per heavy atom. The van der Waals surface area contributed by atoms with Crippen LogP contribution < -0.4 is 10.6 Å². The van der Waals surface area contributed by atoms with Crippen LogP contribution in [0.1, 0.15) is 0 Å². The lowest BCUT2D eigenvalue weighted by Gasteiger charge is -1.87. The molecule has 3 N–H and O–H groups in total. The normalized spacial score (nSPS) is 14.6. The van der Waals surface area contributed by atoms with Crippen molar-refractivity contribution >= 4 is 28.7 Å². The number of nitrogens with two attached hydrogens (primary N) is 1. The Kier molecular flexibility index (Phi) is 1.19. The molecule has 0 spiro atoms. The fraction of sp³-hybridized carbons (Fsp3) is 0. The highest BCUT2D eigenvalue weighted by Gasteiger charge is 2.16. The van der Waals surface area contributed by atoms with E-state index in [-0.39, 0.29) is 0 Å². The molecule has 1 heterocycles. The van der Waals surface area contributed by atoms with Crippen molar-refractivity contribution in [2.75, 3.05) is 5.32 Å². The van der Waals surface area contributed by atoms with Gasteiger partial charge in [-0.1, -0.05) is 12.1 Å². The molecule has 0 saturated heterocycles. The second-order valence-electron chi connectivity index (χ2n) is 2.22. The van der Waals surface area contributed by atoms with E-state index in [0.29, 0.717) is 0 Å². The number of rotatable bonds is 0.